The SMILES string of the molecule is O=C(NC[C@@H]1CCN(CCc2ccccc2)C1)[C@@H]1C[C@H]1C1CC1. The molecule has 0 radical (unpaired) electrons. The van der Waals surface area contributed by atoms with Crippen molar-refractivity contribution in [1.82, 2.24) is 10.2 Å². The number of amides is 1. The van der Waals surface area contributed by atoms with Gasteiger partial charge in [-0.25, -0.2) is 0 Å². The van der Waals surface area contributed by atoms with Crippen molar-refractivity contribution >= 4 is 5.91 Å². The molecule has 23 heavy (non-hydrogen) atoms. The van der Waals surface area contributed by atoms with E-state index in [0.29, 0.717) is 17.7 Å². The molecule has 0 unspecified atom stereocenters. The topological polar surface area (TPSA) is 32.3 Å². The fourth-order valence-corrected chi connectivity index (χ4v) is 4.15. The number of carbonyl (C=O) groups excluding carboxylic acids is 1. The zero-order chi connectivity index (χ0) is 15.6. The minimum atomic E-state index is 0.338. The van der Waals surface area contributed by atoms with Crippen molar-refractivity contribution in [3.63, 3.8) is 0 Å². The van der Waals surface area contributed by atoms with Gasteiger partial charge in [0.2, 0.25) is 5.91 Å². The zero-order valence-electron chi connectivity index (χ0n) is 13.9. The Balaban J connectivity index is 1.14. The highest BCUT2D eigenvalue weighted by Gasteiger charge is 2.51. The second-order valence-corrected chi connectivity index (χ2v) is 7.78. The van der Waals surface area contributed by atoms with E-state index >= 15 is 0 Å². The van der Waals surface area contributed by atoms with Crippen molar-refractivity contribution in [2.45, 2.75) is 32.1 Å². The predicted octanol–water partition coefficient (Wildman–Crippen LogP) is 2.71. The van der Waals surface area contributed by atoms with E-state index in [1.807, 2.05) is 0 Å². The molecule has 2 saturated carbocycles. The first kappa shape index (κ1) is 15.2. The molecule has 1 aliphatic heterocycles. The summed E-state index contributed by atoms with van der Waals surface area (Å²) in [4.78, 5) is 14.7. The van der Waals surface area contributed by atoms with Gasteiger partial charge in [-0.1, -0.05) is 30.3 Å². The van der Waals surface area contributed by atoms with E-state index in [2.05, 4.69) is 40.5 Å². The minimum absolute atomic E-state index is 0.338. The Morgan fingerprint density at radius 3 is 2.78 bits per heavy atom. The van der Waals surface area contributed by atoms with Crippen LogP contribution in [0.4, 0.5) is 0 Å². The molecule has 3 heteroatoms. The quantitative estimate of drug-likeness (QED) is 0.839. The van der Waals surface area contributed by atoms with Crippen LogP contribution < -0.4 is 5.32 Å². The second kappa shape index (κ2) is 6.64. The highest BCUT2D eigenvalue weighted by atomic mass is 16.2. The Labute approximate surface area is 139 Å². The van der Waals surface area contributed by atoms with E-state index in [-0.39, 0.29) is 0 Å². The first-order chi connectivity index (χ1) is 11.3. The first-order valence-corrected chi connectivity index (χ1v) is 9.33. The predicted molar refractivity (Wildman–Crippen MR) is 92.0 cm³/mol. The van der Waals surface area contributed by atoms with Crippen LogP contribution in [0.3, 0.4) is 0 Å². The first-order valence-electron chi connectivity index (χ1n) is 9.33. The van der Waals surface area contributed by atoms with Gasteiger partial charge in [0.1, 0.15) is 0 Å². The van der Waals surface area contributed by atoms with E-state index in [9.17, 15) is 4.79 Å². The molecule has 3 aliphatic rings. The van der Waals surface area contributed by atoms with Crippen LogP contribution in [0.1, 0.15) is 31.2 Å². The monoisotopic (exact) mass is 312 g/mol. The number of carbonyl (C=O) groups is 1. The number of hydrogen-bond donors (Lipinski definition) is 1. The Kier molecular flexibility index (Phi) is 4.39. The average Bonchev–Trinajstić information content (AvgIpc) is 3.48. The fourth-order valence-electron chi connectivity index (χ4n) is 4.15. The van der Waals surface area contributed by atoms with Crippen molar-refractivity contribution in [1.29, 1.82) is 0 Å². The van der Waals surface area contributed by atoms with Gasteiger partial charge in [-0.15, -0.1) is 0 Å². The highest BCUT2D eigenvalue weighted by Crippen LogP contribution is 2.54. The van der Waals surface area contributed by atoms with Gasteiger partial charge >= 0.3 is 0 Å². The maximum atomic E-state index is 12.2. The normalized spacial score (nSPS) is 30.3. The summed E-state index contributed by atoms with van der Waals surface area (Å²) in [5.74, 6) is 2.97. The lowest BCUT2D eigenvalue weighted by atomic mass is 10.1. The molecule has 3 fully saturated rings. The summed E-state index contributed by atoms with van der Waals surface area (Å²) in [7, 11) is 0. The van der Waals surface area contributed by atoms with E-state index in [4.69, 9.17) is 0 Å². The van der Waals surface area contributed by atoms with Gasteiger partial charge in [0.15, 0.2) is 0 Å². The summed E-state index contributed by atoms with van der Waals surface area (Å²) in [6.45, 7) is 4.35. The lowest BCUT2D eigenvalue weighted by Crippen LogP contribution is -2.32. The van der Waals surface area contributed by atoms with Crippen molar-refractivity contribution in [2.24, 2.45) is 23.7 Å². The summed E-state index contributed by atoms with van der Waals surface area (Å²) >= 11 is 0. The summed E-state index contributed by atoms with van der Waals surface area (Å²) in [6, 6.07) is 10.7. The van der Waals surface area contributed by atoms with Gasteiger partial charge in [-0.05, 0) is 62.0 Å². The zero-order valence-corrected chi connectivity index (χ0v) is 13.9. The van der Waals surface area contributed by atoms with Gasteiger partial charge in [-0.2, -0.15) is 0 Å². The van der Waals surface area contributed by atoms with Crippen LogP contribution in [0.25, 0.3) is 0 Å². The Morgan fingerprint density at radius 2 is 2.00 bits per heavy atom. The molecule has 4 rings (SSSR count). The molecular formula is C20H28N2O. The molecule has 1 aromatic rings. The van der Waals surface area contributed by atoms with Crippen LogP contribution in [-0.2, 0) is 11.2 Å². The van der Waals surface area contributed by atoms with E-state index in [1.165, 1.54) is 31.4 Å². The molecule has 3 atom stereocenters. The molecule has 0 spiro atoms. The van der Waals surface area contributed by atoms with Gasteiger partial charge < -0.3 is 10.2 Å². The number of nitrogens with zero attached hydrogens (tertiary/aromatic N) is 1. The Morgan fingerprint density at radius 1 is 1.17 bits per heavy atom. The van der Waals surface area contributed by atoms with Crippen LogP contribution in [0, 0.1) is 23.7 Å². The van der Waals surface area contributed by atoms with Crippen LogP contribution in [0.5, 0.6) is 0 Å². The lowest BCUT2D eigenvalue weighted by Gasteiger charge is -2.16. The molecule has 124 valence electrons. The van der Waals surface area contributed by atoms with Crippen LogP contribution in [-0.4, -0.2) is 37.0 Å². The maximum absolute atomic E-state index is 12.2. The molecule has 3 nitrogen and oxygen atoms in total. The third-order valence-electron chi connectivity index (χ3n) is 5.90. The standard InChI is InChI=1S/C20H28N2O/c23-20(19-12-18(19)17-6-7-17)21-13-16-9-11-22(14-16)10-8-15-4-2-1-3-5-15/h1-5,16-19H,6-14H2,(H,21,23)/t16-,18-,19+/m0/s1. The molecule has 1 heterocycles. The fraction of sp³-hybridized carbons (Fsp3) is 0.650. The van der Waals surface area contributed by atoms with E-state index in [0.717, 1.165) is 44.3 Å². The van der Waals surface area contributed by atoms with Crippen LogP contribution >= 0.6 is 0 Å². The van der Waals surface area contributed by atoms with E-state index < -0.39 is 0 Å². The number of rotatable bonds is 7. The summed E-state index contributed by atoms with van der Waals surface area (Å²) in [6.07, 6.45) is 6.25. The molecule has 2 aliphatic carbocycles. The van der Waals surface area contributed by atoms with Crippen molar-refractivity contribution in [2.75, 3.05) is 26.2 Å². The largest absolute Gasteiger partial charge is 0.356 e. The minimum Gasteiger partial charge on any atom is -0.356 e. The molecule has 0 aromatic heterocycles. The van der Waals surface area contributed by atoms with Crippen molar-refractivity contribution in [3.05, 3.63) is 35.9 Å². The summed E-state index contributed by atoms with van der Waals surface area (Å²) < 4.78 is 0. The second-order valence-electron chi connectivity index (χ2n) is 7.78. The van der Waals surface area contributed by atoms with Crippen LogP contribution in [0.2, 0.25) is 0 Å². The number of hydrogen-bond acceptors (Lipinski definition) is 2. The smallest absolute Gasteiger partial charge is 0.223 e. The van der Waals surface area contributed by atoms with Gasteiger partial charge in [0.25, 0.3) is 0 Å². The average molecular weight is 312 g/mol. The number of likely N-dealkylation sites (tertiary alicyclic amines) is 1. The van der Waals surface area contributed by atoms with Gasteiger partial charge in [-0.3, -0.25) is 4.79 Å². The summed E-state index contributed by atoms with van der Waals surface area (Å²) in [5, 5.41) is 3.23. The van der Waals surface area contributed by atoms with Crippen molar-refractivity contribution in [3.8, 4) is 0 Å². The van der Waals surface area contributed by atoms with E-state index in [1.54, 1.807) is 0 Å². The third-order valence-corrected chi connectivity index (χ3v) is 5.90. The number of benzene rings is 1. The Hall–Kier alpha value is -1.35. The maximum Gasteiger partial charge on any atom is 0.223 e. The summed E-state index contributed by atoms with van der Waals surface area (Å²) in [5.41, 5.74) is 1.42. The van der Waals surface area contributed by atoms with Crippen molar-refractivity contribution < 1.29 is 4.79 Å². The molecule has 0 bridgehead atoms. The van der Waals surface area contributed by atoms with Crippen LogP contribution in [0.15, 0.2) is 30.3 Å². The lowest BCUT2D eigenvalue weighted by molar-refractivity contribution is -0.122. The molecule has 1 saturated heterocycles. The third kappa shape index (κ3) is 3.95. The number of nitrogens with one attached hydrogen (secondary N) is 1. The molecule has 1 N–H and O–H groups in total. The Bertz CT molecular complexity index is 540. The highest BCUT2D eigenvalue weighted by molar-refractivity contribution is 5.81. The molecule has 1 aromatic carbocycles. The molecular weight excluding hydrogens is 284 g/mol. The van der Waals surface area contributed by atoms with Gasteiger partial charge in [0.05, 0.1) is 0 Å². The van der Waals surface area contributed by atoms with Gasteiger partial charge in [0, 0.05) is 25.6 Å². The molecule has 1 amide bonds.